The molecule has 0 aromatic heterocycles. The second-order valence-electron chi connectivity index (χ2n) is 5.52. The molecule has 4 heteroatoms. The molecule has 1 aliphatic carbocycles. The van der Waals surface area contributed by atoms with E-state index in [-0.39, 0.29) is 5.54 Å². The van der Waals surface area contributed by atoms with Crippen LogP contribution in [-0.4, -0.2) is 39.0 Å². The highest BCUT2D eigenvalue weighted by atomic mass is 16.5. The predicted octanol–water partition coefficient (Wildman–Crippen LogP) is 1.71. The molecule has 18 heavy (non-hydrogen) atoms. The van der Waals surface area contributed by atoms with Crippen LogP contribution in [0.3, 0.4) is 0 Å². The molecule has 1 heterocycles. The number of ether oxygens (including phenoxy) is 2. The molecule has 4 nitrogen and oxygen atoms in total. The first kappa shape index (κ1) is 13.8. The fourth-order valence-electron chi connectivity index (χ4n) is 3.19. The van der Waals surface area contributed by atoms with Crippen LogP contribution in [0.5, 0.6) is 0 Å². The molecule has 3 unspecified atom stereocenters. The summed E-state index contributed by atoms with van der Waals surface area (Å²) in [7, 11) is 1.90. The maximum atomic E-state index is 9.35. The Labute approximate surface area is 110 Å². The van der Waals surface area contributed by atoms with Crippen molar-refractivity contribution in [1.29, 1.82) is 5.26 Å². The van der Waals surface area contributed by atoms with Gasteiger partial charge in [-0.1, -0.05) is 6.42 Å². The summed E-state index contributed by atoms with van der Waals surface area (Å²) in [6.07, 6.45) is 5.38. The minimum absolute atomic E-state index is 0.306. The van der Waals surface area contributed by atoms with Gasteiger partial charge < -0.3 is 14.8 Å². The minimum atomic E-state index is -0.306. The smallest absolute Gasteiger partial charge is 0.109 e. The third-order valence-corrected chi connectivity index (χ3v) is 4.45. The fourth-order valence-corrected chi connectivity index (χ4v) is 3.19. The fraction of sp³-hybridized carbons (Fsp3) is 0.929. The van der Waals surface area contributed by atoms with Crippen LogP contribution in [0.2, 0.25) is 0 Å². The van der Waals surface area contributed by atoms with E-state index in [1.807, 2.05) is 7.05 Å². The molecule has 0 bridgehead atoms. The summed E-state index contributed by atoms with van der Waals surface area (Å²) >= 11 is 0. The highest BCUT2D eigenvalue weighted by molar-refractivity contribution is 5.13. The van der Waals surface area contributed by atoms with Crippen LogP contribution in [0.1, 0.15) is 32.1 Å². The average Bonchev–Trinajstić information content (AvgIpc) is 3.04. The number of hydrogen-bond acceptors (Lipinski definition) is 4. The SMILES string of the molecule is CNC1(C#N)CCCC1CCOCC1CCOC1. The van der Waals surface area contributed by atoms with E-state index < -0.39 is 0 Å². The van der Waals surface area contributed by atoms with Gasteiger partial charge in [0.05, 0.1) is 19.3 Å². The first-order valence-corrected chi connectivity index (χ1v) is 7.06. The minimum Gasteiger partial charge on any atom is -0.381 e. The van der Waals surface area contributed by atoms with Crippen molar-refractivity contribution in [3.63, 3.8) is 0 Å². The van der Waals surface area contributed by atoms with E-state index in [2.05, 4.69) is 11.4 Å². The molecule has 2 fully saturated rings. The number of hydrogen-bond donors (Lipinski definition) is 1. The van der Waals surface area contributed by atoms with Crippen molar-refractivity contribution in [2.24, 2.45) is 11.8 Å². The van der Waals surface area contributed by atoms with Gasteiger partial charge in [0, 0.05) is 19.1 Å². The maximum absolute atomic E-state index is 9.35. The Morgan fingerprint density at radius 3 is 3.06 bits per heavy atom. The summed E-state index contributed by atoms with van der Waals surface area (Å²) < 4.78 is 11.1. The topological polar surface area (TPSA) is 54.3 Å². The van der Waals surface area contributed by atoms with Crippen molar-refractivity contribution in [1.82, 2.24) is 5.32 Å². The molecule has 1 N–H and O–H groups in total. The van der Waals surface area contributed by atoms with Gasteiger partial charge in [-0.2, -0.15) is 5.26 Å². The standard InChI is InChI=1S/C14H24N2O2/c1-16-14(11-15)6-2-3-13(14)5-8-18-10-12-4-7-17-9-12/h12-13,16H,2-10H2,1H3. The van der Waals surface area contributed by atoms with Gasteiger partial charge in [0.1, 0.15) is 5.54 Å². The molecule has 1 aliphatic heterocycles. The lowest BCUT2D eigenvalue weighted by atomic mass is 9.86. The molecule has 2 aliphatic rings. The van der Waals surface area contributed by atoms with Crippen LogP contribution >= 0.6 is 0 Å². The van der Waals surface area contributed by atoms with E-state index in [1.165, 1.54) is 0 Å². The molecule has 1 saturated heterocycles. The van der Waals surface area contributed by atoms with Crippen LogP contribution in [-0.2, 0) is 9.47 Å². The van der Waals surface area contributed by atoms with Crippen molar-refractivity contribution < 1.29 is 9.47 Å². The van der Waals surface area contributed by atoms with Gasteiger partial charge in [-0.25, -0.2) is 0 Å². The van der Waals surface area contributed by atoms with E-state index in [0.29, 0.717) is 11.8 Å². The zero-order valence-corrected chi connectivity index (χ0v) is 11.3. The molecule has 0 spiro atoms. The van der Waals surface area contributed by atoms with Crippen molar-refractivity contribution in [2.75, 3.05) is 33.5 Å². The largest absolute Gasteiger partial charge is 0.381 e. The zero-order valence-electron chi connectivity index (χ0n) is 11.3. The summed E-state index contributed by atoms with van der Waals surface area (Å²) in [4.78, 5) is 0. The van der Waals surface area contributed by atoms with Crippen LogP contribution in [0.25, 0.3) is 0 Å². The van der Waals surface area contributed by atoms with Crippen molar-refractivity contribution >= 4 is 0 Å². The van der Waals surface area contributed by atoms with E-state index in [9.17, 15) is 5.26 Å². The molecule has 0 aromatic carbocycles. The van der Waals surface area contributed by atoms with Crippen LogP contribution < -0.4 is 5.32 Å². The summed E-state index contributed by atoms with van der Waals surface area (Å²) in [6.45, 7) is 3.31. The maximum Gasteiger partial charge on any atom is 0.109 e. The van der Waals surface area contributed by atoms with Gasteiger partial charge in [0.2, 0.25) is 0 Å². The Balaban J connectivity index is 1.68. The second kappa shape index (κ2) is 6.51. The number of nitrogens with one attached hydrogen (secondary N) is 1. The monoisotopic (exact) mass is 252 g/mol. The van der Waals surface area contributed by atoms with Gasteiger partial charge in [0.25, 0.3) is 0 Å². The molecule has 2 rings (SSSR count). The summed E-state index contributed by atoms with van der Waals surface area (Å²) in [5.41, 5.74) is -0.306. The van der Waals surface area contributed by atoms with E-state index in [4.69, 9.17) is 9.47 Å². The van der Waals surface area contributed by atoms with Crippen LogP contribution in [0, 0.1) is 23.2 Å². The first-order valence-electron chi connectivity index (χ1n) is 7.06. The van der Waals surface area contributed by atoms with E-state index in [1.54, 1.807) is 0 Å². The van der Waals surface area contributed by atoms with Crippen molar-refractivity contribution in [3.8, 4) is 6.07 Å². The summed E-state index contributed by atoms with van der Waals surface area (Å²) in [5, 5.41) is 12.6. The van der Waals surface area contributed by atoms with Crippen molar-refractivity contribution in [3.05, 3.63) is 0 Å². The van der Waals surface area contributed by atoms with Crippen molar-refractivity contribution in [2.45, 2.75) is 37.6 Å². The quantitative estimate of drug-likeness (QED) is 0.731. The molecular formula is C14H24N2O2. The number of nitriles is 1. The summed E-state index contributed by atoms with van der Waals surface area (Å²) in [6, 6.07) is 2.47. The van der Waals surface area contributed by atoms with Gasteiger partial charge in [-0.05, 0) is 38.6 Å². The van der Waals surface area contributed by atoms with Crippen LogP contribution in [0.15, 0.2) is 0 Å². The van der Waals surface area contributed by atoms with Gasteiger partial charge >= 0.3 is 0 Å². The predicted molar refractivity (Wildman–Crippen MR) is 69.1 cm³/mol. The Morgan fingerprint density at radius 1 is 1.50 bits per heavy atom. The zero-order chi connectivity index (χ0) is 12.8. The highest BCUT2D eigenvalue weighted by Crippen LogP contribution is 2.37. The molecular weight excluding hydrogens is 228 g/mol. The Morgan fingerprint density at radius 2 is 2.39 bits per heavy atom. The normalized spacial score (nSPS) is 35.8. The lowest BCUT2D eigenvalue weighted by molar-refractivity contribution is 0.0763. The molecule has 0 amide bonds. The lowest BCUT2D eigenvalue weighted by Gasteiger charge is -2.28. The Hall–Kier alpha value is -0.630. The van der Waals surface area contributed by atoms with Gasteiger partial charge in [0.15, 0.2) is 0 Å². The highest BCUT2D eigenvalue weighted by Gasteiger charge is 2.41. The molecule has 0 aromatic rings. The molecule has 102 valence electrons. The number of nitrogens with zero attached hydrogens (tertiary/aromatic N) is 1. The first-order chi connectivity index (χ1) is 8.80. The Kier molecular flexibility index (Phi) is 4.99. The Bertz CT molecular complexity index is 297. The third-order valence-electron chi connectivity index (χ3n) is 4.45. The van der Waals surface area contributed by atoms with Gasteiger partial charge in [-0.3, -0.25) is 0 Å². The molecule has 3 atom stereocenters. The van der Waals surface area contributed by atoms with E-state index >= 15 is 0 Å². The van der Waals surface area contributed by atoms with Crippen LogP contribution in [0.4, 0.5) is 0 Å². The average molecular weight is 252 g/mol. The molecule has 1 saturated carbocycles. The lowest BCUT2D eigenvalue weighted by Crippen LogP contribution is -2.45. The molecule has 0 radical (unpaired) electrons. The third kappa shape index (κ3) is 3.03. The number of rotatable bonds is 6. The summed E-state index contributed by atoms with van der Waals surface area (Å²) in [5.74, 6) is 1.02. The second-order valence-corrected chi connectivity index (χ2v) is 5.52. The van der Waals surface area contributed by atoms with E-state index in [0.717, 1.165) is 58.5 Å². The van der Waals surface area contributed by atoms with Gasteiger partial charge in [-0.15, -0.1) is 0 Å².